The van der Waals surface area contributed by atoms with E-state index in [1.165, 1.54) is 0 Å². The molecule has 0 fully saturated rings. The molecule has 1 N–H and O–H groups in total. The molecule has 2 aromatic rings. The van der Waals surface area contributed by atoms with Crippen LogP contribution < -0.4 is 4.74 Å². The van der Waals surface area contributed by atoms with Crippen molar-refractivity contribution >= 4 is 11.6 Å². The predicted octanol–water partition coefficient (Wildman–Crippen LogP) is 3.72. The summed E-state index contributed by atoms with van der Waals surface area (Å²) in [4.78, 5) is 0. The van der Waals surface area contributed by atoms with E-state index < -0.39 is 0 Å². The topological polar surface area (TPSA) is 29.5 Å². The van der Waals surface area contributed by atoms with Crippen molar-refractivity contribution in [3.8, 4) is 22.6 Å². The first-order chi connectivity index (χ1) is 7.70. The molecule has 2 aromatic carbocycles. The lowest BCUT2D eigenvalue weighted by Crippen LogP contribution is -1.84. The van der Waals surface area contributed by atoms with Crippen LogP contribution >= 0.6 is 11.6 Å². The van der Waals surface area contributed by atoms with Crippen LogP contribution in [0, 0.1) is 0 Å². The molecule has 0 heterocycles. The zero-order valence-electron chi connectivity index (χ0n) is 8.77. The molecular weight excluding hydrogens is 224 g/mol. The highest BCUT2D eigenvalue weighted by Gasteiger charge is 2.06. The first-order valence-electron chi connectivity index (χ1n) is 4.83. The van der Waals surface area contributed by atoms with Gasteiger partial charge in [0.25, 0.3) is 0 Å². The third-order valence-electron chi connectivity index (χ3n) is 2.34. The average Bonchev–Trinajstić information content (AvgIpc) is 2.30. The molecule has 3 heteroatoms. The third-order valence-corrected chi connectivity index (χ3v) is 2.57. The normalized spacial score (nSPS) is 10.1. The van der Waals surface area contributed by atoms with Gasteiger partial charge in [-0.05, 0) is 35.9 Å². The number of halogens is 1. The van der Waals surface area contributed by atoms with E-state index in [9.17, 15) is 5.11 Å². The summed E-state index contributed by atoms with van der Waals surface area (Å²) < 4.78 is 5.12. The summed E-state index contributed by atoms with van der Waals surface area (Å²) in [6.07, 6.45) is 0. The molecule has 16 heavy (non-hydrogen) atoms. The van der Waals surface area contributed by atoms with Crippen LogP contribution in [0.25, 0.3) is 11.1 Å². The van der Waals surface area contributed by atoms with Gasteiger partial charge in [-0.1, -0.05) is 23.7 Å². The van der Waals surface area contributed by atoms with Crippen molar-refractivity contribution < 1.29 is 9.84 Å². The van der Waals surface area contributed by atoms with E-state index in [-0.39, 0.29) is 5.75 Å². The van der Waals surface area contributed by atoms with Crippen LogP contribution in [0.1, 0.15) is 0 Å². The molecule has 2 nitrogen and oxygen atoms in total. The van der Waals surface area contributed by atoms with Crippen LogP contribution in [0.5, 0.6) is 11.5 Å². The molecule has 0 aliphatic heterocycles. The summed E-state index contributed by atoms with van der Waals surface area (Å²) in [6.45, 7) is 0. The van der Waals surface area contributed by atoms with Crippen LogP contribution in [-0.2, 0) is 0 Å². The second-order valence-corrected chi connectivity index (χ2v) is 3.83. The molecule has 0 saturated heterocycles. The summed E-state index contributed by atoms with van der Waals surface area (Å²) in [5.74, 6) is 0.913. The predicted molar refractivity (Wildman–Crippen MR) is 65.1 cm³/mol. The average molecular weight is 235 g/mol. The van der Waals surface area contributed by atoms with Gasteiger partial charge in [0.05, 0.1) is 7.11 Å². The van der Waals surface area contributed by atoms with Crippen molar-refractivity contribution in [2.75, 3.05) is 7.11 Å². The Hall–Kier alpha value is -1.67. The number of phenolic OH excluding ortho intramolecular Hbond substituents is 1. The van der Waals surface area contributed by atoms with Gasteiger partial charge in [0.2, 0.25) is 0 Å². The Morgan fingerprint density at radius 3 is 2.62 bits per heavy atom. The molecule has 0 radical (unpaired) electrons. The highest BCUT2D eigenvalue weighted by atomic mass is 35.5. The summed E-state index contributed by atoms with van der Waals surface area (Å²) in [5.41, 5.74) is 1.57. The first-order valence-corrected chi connectivity index (χ1v) is 5.21. The van der Waals surface area contributed by atoms with E-state index in [4.69, 9.17) is 16.3 Å². The van der Waals surface area contributed by atoms with Crippen molar-refractivity contribution in [2.24, 2.45) is 0 Å². The van der Waals surface area contributed by atoms with Gasteiger partial charge >= 0.3 is 0 Å². The van der Waals surface area contributed by atoms with Crippen molar-refractivity contribution in [1.82, 2.24) is 0 Å². The number of hydrogen-bond acceptors (Lipinski definition) is 2. The maximum absolute atomic E-state index is 9.78. The first kappa shape index (κ1) is 10.8. The molecule has 0 saturated carbocycles. The summed E-state index contributed by atoms with van der Waals surface area (Å²) >= 11 is 5.91. The molecule has 0 amide bonds. The zero-order valence-corrected chi connectivity index (χ0v) is 9.53. The van der Waals surface area contributed by atoms with Crippen LogP contribution in [0.3, 0.4) is 0 Å². The quantitative estimate of drug-likeness (QED) is 0.858. The molecule has 0 aromatic heterocycles. The molecule has 0 spiro atoms. The fourth-order valence-electron chi connectivity index (χ4n) is 1.53. The SMILES string of the molecule is COc1ccc(O)c(-c2cccc(Cl)c2)c1. The fourth-order valence-corrected chi connectivity index (χ4v) is 1.72. The zero-order chi connectivity index (χ0) is 11.5. The smallest absolute Gasteiger partial charge is 0.123 e. The Morgan fingerprint density at radius 1 is 1.12 bits per heavy atom. The Labute approximate surface area is 99.1 Å². The van der Waals surface area contributed by atoms with Crippen LogP contribution in [0.2, 0.25) is 5.02 Å². The van der Waals surface area contributed by atoms with Crippen LogP contribution in [0.15, 0.2) is 42.5 Å². The minimum absolute atomic E-state index is 0.211. The summed E-state index contributed by atoms with van der Waals surface area (Å²) in [6, 6.07) is 12.4. The lowest BCUT2D eigenvalue weighted by Gasteiger charge is -2.07. The van der Waals surface area contributed by atoms with Gasteiger partial charge in [0, 0.05) is 10.6 Å². The van der Waals surface area contributed by atoms with E-state index >= 15 is 0 Å². The third kappa shape index (κ3) is 2.12. The summed E-state index contributed by atoms with van der Waals surface area (Å²) in [7, 11) is 1.59. The number of methoxy groups -OCH3 is 1. The van der Waals surface area contributed by atoms with Gasteiger partial charge in [0.1, 0.15) is 11.5 Å². The molecule has 2 rings (SSSR count). The van der Waals surface area contributed by atoms with E-state index in [0.29, 0.717) is 16.3 Å². The Balaban J connectivity index is 2.54. The molecule has 0 atom stereocenters. The van der Waals surface area contributed by atoms with Gasteiger partial charge in [0.15, 0.2) is 0 Å². The highest BCUT2D eigenvalue weighted by Crippen LogP contribution is 2.33. The lowest BCUT2D eigenvalue weighted by molar-refractivity contribution is 0.412. The number of hydrogen-bond donors (Lipinski definition) is 1. The molecular formula is C13H11ClO2. The van der Waals surface area contributed by atoms with Crippen molar-refractivity contribution in [1.29, 1.82) is 0 Å². The fraction of sp³-hybridized carbons (Fsp3) is 0.0769. The van der Waals surface area contributed by atoms with E-state index in [1.54, 1.807) is 37.4 Å². The largest absolute Gasteiger partial charge is 0.507 e. The van der Waals surface area contributed by atoms with Gasteiger partial charge in [-0.3, -0.25) is 0 Å². The molecule has 0 bridgehead atoms. The van der Waals surface area contributed by atoms with Gasteiger partial charge in [-0.15, -0.1) is 0 Å². The number of phenols is 1. The molecule has 82 valence electrons. The second kappa shape index (κ2) is 4.45. The van der Waals surface area contributed by atoms with Gasteiger partial charge < -0.3 is 9.84 Å². The Kier molecular flexibility index (Phi) is 3.02. The lowest BCUT2D eigenvalue weighted by atomic mass is 10.0. The maximum Gasteiger partial charge on any atom is 0.123 e. The Morgan fingerprint density at radius 2 is 1.94 bits per heavy atom. The van der Waals surface area contributed by atoms with E-state index in [1.807, 2.05) is 12.1 Å². The minimum Gasteiger partial charge on any atom is -0.507 e. The molecule has 0 aliphatic rings. The van der Waals surface area contributed by atoms with Crippen molar-refractivity contribution in [2.45, 2.75) is 0 Å². The van der Waals surface area contributed by atoms with E-state index in [0.717, 1.165) is 5.56 Å². The molecule has 0 unspecified atom stereocenters. The number of benzene rings is 2. The van der Waals surface area contributed by atoms with Crippen LogP contribution in [0.4, 0.5) is 0 Å². The van der Waals surface area contributed by atoms with Gasteiger partial charge in [-0.25, -0.2) is 0 Å². The van der Waals surface area contributed by atoms with Gasteiger partial charge in [-0.2, -0.15) is 0 Å². The maximum atomic E-state index is 9.78. The summed E-state index contributed by atoms with van der Waals surface area (Å²) in [5, 5.41) is 10.4. The van der Waals surface area contributed by atoms with E-state index in [2.05, 4.69) is 0 Å². The number of aromatic hydroxyl groups is 1. The Bertz CT molecular complexity index is 509. The van der Waals surface area contributed by atoms with Crippen LogP contribution in [-0.4, -0.2) is 12.2 Å². The second-order valence-electron chi connectivity index (χ2n) is 3.39. The van der Waals surface area contributed by atoms with Crippen molar-refractivity contribution in [3.05, 3.63) is 47.5 Å². The number of ether oxygens (including phenoxy) is 1. The standard InChI is InChI=1S/C13H11ClO2/c1-16-11-5-6-13(15)12(8-11)9-3-2-4-10(14)7-9/h2-8,15H,1H3. The monoisotopic (exact) mass is 234 g/mol. The highest BCUT2D eigenvalue weighted by molar-refractivity contribution is 6.30. The number of rotatable bonds is 2. The van der Waals surface area contributed by atoms with Crippen molar-refractivity contribution in [3.63, 3.8) is 0 Å². The molecule has 0 aliphatic carbocycles. The minimum atomic E-state index is 0.211.